The zero-order valence-electron chi connectivity index (χ0n) is 38.5. The third-order valence-corrected chi connectivity index (χ3v) is 17.2. The molecule has 0 aromatic rings. The van der Waals surface area contributed by atoms with Gasteiger partial charge in [0, 0.05) is 34.1 Å². The molecular weight excluding hydrogens is 785 g/mol. The van der Waals surface area contributed by atoms with Crippen LogP contribution in [0.2, 0.25) is 0 Å². The molecule has 342 valence electrons. The van der Waals surface area contributed by atoms with E-state index in [9.17, 15) is 24.0 Å². The summed E-state index contributed by atoms with van der Waals surface area (Å²) in [6.45, 7) is 25.5. The Balaban J connectivity index is 0.000000125. The Morgan fingerprint density at radius 1 is 0.613 bits per heavy atom. The van der Waals surface area contributed by atoms with Crippen molar-refractivity contribution in [3.63, 3.8) is 0 Å². The molecule has 0 aromatic carbocycles. The summed E-state index contributed by atoms with van der Waals surface area (Å²) in [6, 6.07) is 0. The minimum absolute atomic E-state index is 0.0646. The van der Waals surface area contributed by atoms with E-state index in [2.05, 4.69) is 40.2 Å². The zero-order valence-corrected chi connectivity index (χ0v) is 38.5. The van der Waals surface area contributed by atoms with Crippen molar-refractivity contribution in [1.29, 1.82) is 0 Å². The van der Waals surface area contributed by atoms with Gasteiger partial charge in [0.2, 0.25) is 0 Å². The van der Waals surface area contributed by atoms with Gasteiger partial charge in [-0.25, -0.2) is 19.2 Å². The first kappa shape index (κ1) is 46.3. The fraction of sp³-hybridized carbons (Fsp3) is 0.750. The predicted molar refractivity (Wildman–Crippen MR) is 235 cm³/mol. The Hall–Kier alpha value is -3.69. The number of ether oxygens (including phenoxy) is 5. The van der Waals surface area contributed by atoms with Crippen molar-refractivity contribution >= 4 is 29.8 Å². The molecule has 1 aliphatic heterocycles. The Morgan fingerprint density at radius 3 is 1.71 bits per heavy atom. The van der Waals surface area contributed by atoms with Crippen molar-refractivity contribution < 1.29 is 47.7 Å². The van der Waals surface area contributed by atoms with Crippen LogP contribution in [0.4, 0.5) is 0 Å². The van der Waals surface area contributed by atoms with Gasteiger partial charge < -0.3 is 23.7 Å². The number of hydrogen-bond acceptors (Lipinski definition) is 10. The molecule has 10 aliphatic carbocycles. The molecule has 0 spiro atoms. The van der Waals surface area contributed by atoms with E-state index in [4.69, 9.17) is 23.7 Å². The van der Waals surface area contributed by atoms with Crippen molar-refractivity contribution in [3.8, 4) is 0 Å². The largest absolute Gasteiger partial charge is 0.459 e. The highest BCUT2D eigenvalue weighted by Gasteiger charge is 2.63. The second-order valence-electron chi connectivity index (χ2n) is 21.5. The Bertz CT molecular complexity index is 1790. The molecule has 1 heterocycles. The van der Waals surface area contributed by atoms with Gasteiger partial charge in [0.1, 0.15) is 29.5 Å². The van der Waals surface area contributed by atoms with E-state index >= 15 is 0 Å². The highest BCUT2D eigenvalue weighted by atomic mass is 16.6. The van der Waals surface area contributed by atoms with Gasteiger partial charge >= 0.3 is 29.8 Å². The van der Waals surface area contributed by atoms with Gasteiger partial charge in [0.05, 0.1) is 5.92 Å². The highest BCUT2D eigenvalue weighted by molar-refractivity contribution is 5.88. The van der Waals surface area contributed by atoms with Crippen molar-refractivity contribution in [2.75, 3.05) is 0 Å². The summed E-state index contributed by atoms with van der Waals surface area (Å²) in [5.74, 6) is 5.91. The van der Waals surface area contributed by atoms with Crippen molar-refractivity contribution in [2.24, 2.45) is 65.1 Å². The molecule has 0 aromatic heterocycles. The molecule has 62 heavy (non-hydrogen) atoms. The molecule has 10 heteroatoms. The van der Waals surface area contributed by atoms with Crippen molar-refractivity contribution in [2.45, 2.75) is 180 Å². The van der Waals surface area contributed by atoms with Gasteiger partial charge in [0.15, 0.2) is 0 Å². The van der Waals surface area contributed by atoms with Gasteiger partial charge in [-0.2, -0.15) is 0 Å². The van der Waals surface area contributed by atoms with Crippen LogP contribution in [0.1, 0.15) is 151 Å². The molecular formula is C52H74O10. The molecule has 10 unspecified atom stereocenters. The lowest BCUT2D eigenvalue weighted by molar-refractivity contribution is -0.199. The summed E-state index contributed by atoms with van der Waals surface area (Å²) < 4.78 is 27.5. The number of esters is 5. The first-order valence-electron chi connectivity index (χ1n) is 24.0. The fourth-order valence-corrected chi connectivity index (χ4v) is 14.1. The van der Waals surface area contributed by atoms with E-state index in [1.54, 1.807) is 27.7 Å². The first-order valence-corrected chi connectivity index (χ1v) is 24.0. The number of carbonyl (C=O) groups is 5. The fourth-order valence-electron chi connectivity index (χ4n) is 14.1. The van der Waals surface area contributed by atoms with Gasteiger partial charge in [0.25, 0.3) is 0 Å². The van der Waals surface area contributed by atoms with Crippen LogP contribution in [0, 0.1) is 65.1 Å². The van der Waals surface area contributed by atoms with Crippen LogP contribution < -0.4 is 0 Å². The van der Waals surface area contributed by atoms with Crippen LogP contribution in [0.25, 0.3) is 0 Å². The van der Waals surface area contributed by atoms with Crippen LogP contribution in [0.5, 0.6) is 0 Å². The van der Waals surface area contributed by atoms with E-state index in [1.165, 1.54) is 70.6 Å². The molecule has 10 nitrogen and oxygen atoms in total. The van der Waals surface area contributed by atoms with Crippen LogP contribution >= 0.6 is 0 Å². The monoisotopic (exact) mass is 859 g/mol. The van der Waals surface area contributed by atoms with Crippen LogP contribution in [-0.2, 0) is 47.7 Å². The SMILES string of the molecule is C=C(C)C(=O)OC1(C)C2CC3CC(C2)CC1C3.C=C(C)C(=O)OC1(CC)CCCC1.C=C(C)C(=O)OC1C2CC3C(=O)OC1C3C2.C=C(C)C(=O)OC1CC2CC1C1CCCC21. The summed E-state index contributed by atoms with van der Waals surface area (Å²) in [5, 5.41) is 0. The molecule has 11 fully saturated rings. The van der Waals surface area contributed by atoms with Gasteiger partial charge in [-0.3, -0.25) is 4.79 Å². The number of carbonyl (C=O) groups excluding carboxylic acids is 5. The lowest BCUT2D eigenvalue weighted by Gasteiger charge is -2.59. The first-order chi connectivity index (χ1) is 29.3. The summed E-state index contributed by atoms with van der Waals surface area (Å²) >= 11 is 0. The quantitative estimate of drug-likeness (QED) is 0.125. The molecule has 10 atom stereocenters. The minimum atomic E-state index is -0.378. The molecule has 1 saturated heterocycles. The predicted octanol–water partition coefficient (Wildman–Crippen LogP) is 10.1. The summed E-state index contributed by atoms with van der Waals surface area (Å²) in [7, 11) is 0. The summed E-state index contributed by atoms with van der Waals surface area (Å²) in [4.78, 5) is 57.7. The minimum Gasteiger partial charge on any atom is -0.459 e. The van der Waals surface area contributed by atoms with Crippen molar-refractivity contribution in [3.05, 3.63) is 48.6 Å². The maximum Gasteiger partial charge on any atom is 0.333 e. The van der Waals surface area contributed by atoms with E-state index in [-0.39, 0.29) is 71.2 Å². The molecule has 0 amide bonds. The lowest BCUT2D eigenvalue weighted by atomic mass is 9.50. The zero-order chi connectivity index (χ0) is 44.8. The molecule has 11 aliphatic rings. The topological polar surface area (TPSA) is 132 Å². The van der Waals surface area contributed by atoms with Gasteiger partial charge in [-0.15, -0.1) is 0 Å². The van der Waals surface area contributed by atoms with Gasteiger partial charge in [-0.05, 0) is 185 Å². The van der Waals surface area contributed by atoms with E-state index < -0.39 is 0 Å². The molecule has 11 rings (SSSR count). The van der Waals surface area contributed by atoms with Crippen LogP contribution in [0.3, 0.4) is 0 Å². The summed E-state index contributed by atoms with van der Waals surface area (Å²) in [6.07, 6.45) is 20.0. The molecule has 0 radical (unpaired) electrons. The highest BCUT2D eigenvalue weighted by Crippen LogP contribution is 2.61. The standard InChI is InChI=1S/C15H22O2.C14H20O2.C12H14O4.C11H18O2/c1-9(2)14(16)17-15(3)12-5-10-4-11(7-12)8-13(15)6-10;1-8(2)14(15)16-13-7-9-6-12(13)11-5-3-4-10(9)11;1-5(2)11(13)15-9-6-3-7-8(4-6)12(14)16-10(7)9;1-4-11(7-5-6-8-11)13-10(12)9(2)3/h10-13H,1,4-8H2,2-3H3;9-13H,1,3-7H2,2H3;6-10H,1,3-4H2,2H3;2,4-8H2,1,3H3. The summed E-state index contributed by atoms with van der Waals surface area (Å²) in [5.41, 5.74) is 1.58. The van der Waals surface area contributed by atoms with E-state index in [1.807, 2.05) is 0 Å². The third-order valence-electron chi connectivity index (χ3n) is 17.2. The van der Waals surface area contributed by atoms with Crippen LogP contribution in [0.15, 0.2) is 48.6 Å². The molecule has 10 saturated carbocycles. The van der Waals surface area contributed by atoms with E-state index in [0.717, 1.165) is 68.1 Å². The number of rotatable bonds is 9. The van der Waals surface area contributed by atoms with E-state index in [0.29, 0.717) is 46.0 Å². The maximum absolute atomic E-state index is 11.8. The number of fused-ring (bicyclic) bond motifs is 6. The number of hydrogen-bond donors (Lipinski definition) is 0. The third kappa shape index (κ3) is 9.27. The van der Waals surface area contributed by atoms with Gasteiger partial charge in [-0.1, -0.05) is 39.7 Å². The molecule has 8 bridgehead atoms. The maximum atomic E-state index is 11.8. The Labute approximate surface area is 370 Å². The van der Waals surface area contributed by atoms with Crippen LogP contribution in [-0.4, -0.2) is 59.4 Å². The average molecular weight is 859 g/mol. The average Bonchev–Trinajstić information content (AvgIpc) is 4.08. The normalized spacial score (nSPS) is 39.7. The lowest BCUT2D eigenvalue weighted by Crippen LogP contribution is -2.58. The Morgan fingerprint density at radius 2 is 1.15 bits per heavy atom. The second kappa shape index (κ2) is 18.4. The second-order valence-corrected chi connectivity index (χ2v) is 21.5. The Kier molecular flexibility index (Phi) is 13.8. The smallest absolute Gasteiger partial charge is 0.333 e. The van der Waals surface area contributed by atoms with Crippen molar-refractivity contribution in [1.82, 2.24) is 0 Å². The molecule has 0 N–H and O–H groups in total.